The maximum Gasteiger partial charge on any atom is 0.231 e. The average Bonchev–Trinajstić information content (AvgIpc) is 2.55. The SMILES string of the molecule is NC(=S)CCCN1C(=O)Cc2ccccc21. The second-order valence-electron chi connectivity index (χ2n) is 3.92. The lowest BCUT2D eigenvalue weighted by molar-refractivity contribution is -0.117. The van der Waals surface area contributed by atoms with Crippen molar-refractivity contribution in [1.29, 1.82) is 0 Å². The van der Waals surface area contributed by atoms with Gasteiger partial charge in [0.2, 0.25) is 5.91 Å². The zero-order valence-corrected chi connectivity index (χ0v) is 9.80. The largest absolute Gasteiger partial charge is 0.393 e. The number of rotatable bonds is 4. The summed E-state index contributed by atoms with van der Waals surface area (Å²) in [5.41, 5.74) is 7.59. The van der Waals surface area contributed by atoms with E-state index in [-0.39, 0.29) is 5.91 Å². The highest BCUT2D eigenvalue weighted by Crippen LogP contribution is 2.28. The summed E-state index contributed by atoms with van der Waals surface area (Å²) in [5, 5.41) is 0. The first kappa shape index (κ1) is 11.1. The van der Waals surface area contributed by atoms with E-state index in [9.17, 15) is 4.79 Å². The maximum atomic E-state index is 11.8. The number of nitrogens with zero attached hydrogens (tertiary/aromatic N) is 1. The number of hydrogen-bond acceptors (Lipinski definition) is 2. The number of anilines is 1. The molecule has 0 radical (unpaired) electrons. The number of para-hydroxylation sites is 1. The molecule has 16 heavy (non-hydrogen) atoms. The highest BCUT2D eigenvalue weighted by atomic mass is 32.1. The second kappa shape index (κ2) is 4.61. The summed E-state index contributed by atoms with van der Waals surface area (Å²) in [4.78, 5) is 14.1. The van der Waals surface area contributed by atoms with Gasteiger partial charge in [0.05, 0.1) is 11.4 Å². The van der Waals surface area contributed by atoms with E-state index in [1.807, 2.05) is 29.2 Å². The van der Waals surface area contributed by atoms with E-state index in [4.69, 9.17) is 18.0 Å². The number of amides is 1. The fourth-order valence-electron chi connectivity index (χ4n) is 1.97. The van der Waals surface area contributed by atoms with E-state index < -0.39 is 0 Å². The van der Waals surface area contributed by atoms with Crippen LogP contribution in [0, 0.1) is 0 Å². The fourth-order valence-corrected chi connectivity index (χ4v) is 2.12. The van der Waals surface area contributed by atoms with Crippen molar-refractivity contribution in [1.82, 2.24) is 0 Å². The van der Waals surface area contributed by atoms with Gasteiger partial charge in [0.15, 0.2) is 0 Å². The molecule has 0 aliphatic carbocycles. The van der Waals surface area contributed by atoms with Crippen molar-refractivity contribution in [2.24, 2.45) is 5.73 Å². The Kier molecular flexibility index (Phi) is 3.19. The Hall–Kier alpha value is -1.42. The zero-order valence-electron chi connectivity index (χ0n) is 8.98. The number of benzene rings is 1. The molecule has 0 saturated carbocycles. The first-order valence-corrected chi connectivity index (χ1v) is 5.76. The molecule has 2 N–H and O–H groups in total. The first-order chi connectivity index (χ1) is 7.68. The Labute approximate surface area is 100 Å². The minimum absolute atomic E-state index is 0.170. The van der Waals surface area contributed by atoms with Crippen molar-refractivity contribution in [3.05, 3.63) is 29.8 Å². The van der Waals surface area contributed by atoms with E-state index >= 15 is 0 Å². The van der Waals surface area contributed by atoms with Crippen molar-refractivity contribution in [3.8, 4) is 0 Å². The summed E-state index contributed by atoms with van der Waals surface area (Å²) >= 11 is 4.82. The van der Waals surface area contributed by atoms with Crippen LogP contribution in [-0.4, -0.2) is 17.4 Å². The van der Waals surface area contributed by atoms with E-state index in [0.29, 0.717) is 24.4 Å². The molecule has 0 saturated heterocycles. The number of nitrogens with two attached hydrogens (primary N) is 1. The molecule has 1 aromatic rings. The molecule has 0 aromatic heterocycles. The Morgan fingerprint density at radius 2 is 2.19 bits per heavy atom. The van der Waals surface area contributed by atoms with E-state index in [2.05, 4.69) is 0 Å². The van der Waals surface area contributed by atoms with Crippen LogP contribution >= 0.6 is 12.2 Å². The van der Waals surface area contributed by atoms with Crippen LogP contribution in [0.15, 0.2) is 24.3 Å². The summed E-state index contributed by atoms with van der Waals surface area (Å²) in [6.45, 7) is 0.702. The van der Waals surface area contributed by atoms with Crippen LogP contribution in [0.1, 0.15) is 18.4 Å². The lowest BCUT2D eigenvalue weighted by Crippen LogP contribution is -2.28. The third kappa shape index (κ3) is 2.22. The van der Waals surface area contributed by atoms with Crippen LogP contribution in [0.2, 0.25) is 0 Å². The van der Waals surface area contributed by atoms with Gasteiger partial charge in [-0.25, -0.2) is 0 Å². The van der Waals surface area contributed by atoms with Crippen LogP contribution in [0.5, 0.6) is 0 Å². The summed E-state index contributed by atoms with van der Waals surface area (Å²) in [5.74, 6) is 0.170. The zero-order chi connectivity index (χ0) is 11.5. The number of carbonyl (C=O) groups excluding carboxylic acids is 1. The van der Waals surface area contributed by atoms with Gasteiger partial charge in [-0.3, -0.25) is 4.79 Å². The van der Waals surface area contributed by atoms with Crippen LogP contribution in [0.3, 0.4) is 0 Å². The van der Waals surface area contributed by atoms with Crippen LogP contribution in [-0.2, 0) is 11.2 Å². The van der Waals surface area contributed by atoms with Gasteiger partial charge in [-0.1, -0.05) is 30.4 Å². The molecule has 0 spiro atoms. The molecule has 84 valence electrons. The van der Waals surface area contributed by atoms with Gasteiger partial charge in [0.25, 0.3) is 0 Å². The molecular weight excluding hydrogens is 220 g/mol. The van der Waals surface area contributed by atoms with Crippen LogP contribution < -0.4 is 10.6 Å². The Morgan fingerprint density at radius 1 is 1.44 bits per heavy atom. The number of hydrogen-bond donors (Lipinski definition) is 1. The molecule has 3 nitrogen and oxygen atoms in total. The van der Waals surface area contributed by atoms with Gasteiger partial charge in [0, 0.05) is 12.2 Å². The molecule has 4 heteroatoms. The average molecular weight is 234 g/mol. The normalized spacial score (nSPS) is 14.0. The predicted molar refractivity (Wildman–Crippen MR) is 68.5 cm³/mol. The van der Waals surface area contributed by atoms with E-state index in [1.54, 1.807) is 0 Å². The summed E-state index contributed by atoms with van der Waals surface area (Å²) in [7, 11) is 0. The summed E-state index contributed by atoms with van der Waals surface area (Å²) in [6, 6.07) is 7.91. The Bertz CT molecular complexity index is 431. The van der Waals surface area contributed by atoms with Crippen molar-refractivity contribution < 1.29 is 4.79 Å². The lowest BCUT2D eigenvalue weighted by atomic mass is 10.2. The molecule has 0 bridgehead atoms. The van der Waals surface area contributed by atoms with Gasteiger partial charge in [0.1, 0.15) is 0 Å². The van der Waals surface area contributed by atoms with Gasteiger partial charge in [-0.15, -0.1) is 0 Å². The molecule has 1 amide bonds. The van der Waals surface area contributed by atoms with Gasteiger partial charge in [-0.05, 0) is 24.5 Å². The number of carbonyl (C=O) groups is 1. The molecular formula is C12H14N2OS. The lowest BCUT2D eigenvalue weighted by Gasteiger charge is -2.16. The monoisotopic (exact) mass is 234 g/mol. The van der Waals surface area contributed by atoms with Crippen molar-refractivity contribution in [2.45, 2.75) is 19.3 Å². The second-order valence-corrected chi connectivity index (χ2v) is 4.45. The smallest absolute Gasteiger partial charge is 0.231 e. The standard InChI is InChI=1S/C12H14N2OS/c13-11(16)6-3-7-14-10-5-2-1-4-9(10)8-12(14)15/h1-2,4-5H,3,6-8H2,(H2,13,16). The molecule has 1 heterocycles. The summed E-state index contributed by atoms with van der Waals surface area (Å²) in [6.07, 6.45) is 2.04. The van der Waals surface area contributed by atoms with E-state index in [1.165, 1.54) is 0 Å². The van der Waals surface area contributed by atoms with Crippen molar-refractivity contribution >= 4 is 28.8 Å². The van der Waals surface area contributed by atoms with Gasteiger partial charge in [-0.2, -0.15) is 0 Å². The highest BCUT2D eigenvalue weighted by Gasteiger charge is 2.25. The molecule has 1 aliphatic rings. The third-order valence-corrected chi connectivity index (χ3v) is 2.93. The quantitative estimate of drug-likeness (QED) is 0.806. The Balaban J connectivity index is 2.05. The minimum atomic E-state index is 0.170. The van der Waals surface area contributed by atoms with Gasteiger partial charge >= 0.3 is 0 Å². The van der Waals surface area contributed by atoms with Crippen molar-refractivity contribution in [3.63, 3.8) is 0 Å². The van der Waals surface area contributed by atoms with Crippen LogP contribution in [0.25, 0.3) is 0 Å². The summed E-state index contributed by atoms with van der Waals surface area (Å²) < 4.78 is 0. The molecule has 1 aliphatic heterocycles. The molecule has 2 rings (SSSR count). The maximum absolute atomic E-state index is 11.8. The van der Waals surface area contributed by atoms with E-state index in [0.717, 1.165) is 17.7 Å². The fraction of sp³-hybridized carbons (Fsp3) is 0.333. The topological polar surface area (TPSA) is 46.3 Å². The molecule has 1 aromatic carbocycles. The minimum Gasteiger partial charge on any atom is -0.393 e. The highest BCUT2D eigenvalue weighted by molar-refractivity contribution is 7.80. The van der Waals surface area contributed by atoms with Crippen LogP contribution in [0.4, 0.5) is 5.69 Å². The predicted octanol–water partition coefficient (Wildman–Crippen LogP) is 1.64. The third-order valence-electron chi connectivity index (χ3n) is 2.73. The van der Waals surface area contributed by atoms with Gasteiger partial charge < -0.3 is 10.6 Å². The molecule has 0 atom stereocenters. The number of fused-ring (bicyclic) bond motifs is 1. The first-order valence-electron chi connectivity index (χ1n) is 5.35. The van der Waals surface area contributed by atoms with Crippen molar-refractivity contribution in [2.75, 3.05) is 11.4 Å². The number of thiocarbonyl (C=S) groups is 1. The Morgan fingerprint density at radius 3 is 2.94 bits per heavy atom. The molecule has 0 unspecified atom stereocenters. The molecule has 0 fully saturated rings.